The second-order valence-electron chi connectivity index (χ2n) is 7.01. The first-order valence-corrected chi connectivity index (χ1v) is 10.4. The number of fused-ring (bicyclic) bond motifs is 1. The van der Waals surface area contributed by atoms with Crippen molar-refractivity contribution in [2.75, 3.05) is 12.4 Å². The monoisotopic (exact) mass is 417 g/mol. The summed E-state index contributed by atoms with van der Waals surface area (Å²) in [6.07, 6.45) is 1.44. The van der Waals surface area contributed by atoms with E-state index in [1.54, 1.807) is 25.2 Å². The number of nitrogens with two attached hydrogens (primary N) is 1. The third-order valence-corrected chi connectivity index (χ3v) is 5.29. The fraction of sp³-hybridized carbons (Fsp3) is 0.316. The van der Waals surface area contributed by atoms with E-state index in [1.165, 1.54) is 24.1 Å². The van der Waals surface area contributed by atoms with Crippen LogP contribution in [0.5, 0.6) is 0 Å². The maximum atomic E-state index is 12.6. The summed E-state index contributed by atoms with van der Waals surface area (Å²) in [5.41, 5.74) is 1.68. The molecule has 9 nitrogen and oxygen atoms in total. The van der Waals surface area contributed by atoms with E-state index in [9.17, 15) is 13.2 Å². The lowest BCUT2D eigenvalue weighted by Gasteiger charge is -2.15. The molecule has 0 amide bonds. The van der Waals surface area contributed by atoms with Gasteiger partial charge in [0.05, 0.1) is 29.0 Å². The molecule has 3 aromatic rings. The number of benzene rings is 1. The molecule has 10 heteroatoms. The third kappa shape index (κ3) is 4.29. The molecule has 0 unspecified atom stereocenters. The number of sulfonamides is 1. The Morgan fingerprint density at radius 1 is 1.28 bits per heavy atom. The topological polar surface area (TPSA) is 129 Å². The van der Waals surface area contributed by atoms with E-state index < -0.39 is 10.0 Å². The molecule has 2 aromatic heterocycles. The Balaban J connectivity index is 2.28. The quantitative estimate of drug-likeness (QED) is 0.623. The largest absolute Gasteiger partial charge is 0.380 e. The molecule has 0 aliphatic heterocycles. The van der Waals surface area contributed by atoms with Crippen LogP contribution in [0, 0.1) is 0 Å². The van der Waals surface area contributed by atoms with Crippen LogP contribution in [0.1, 0.15) is 19.4 Å². The normalized spacial score (nSPS) is 11.9. The van der Waals surface area contributed by atoms with E-state index in [4.69, 9.17) is 9.88 Å². The molecular weight excluding hydrogens is 394 g/mol. The summed E-state index contributed by atoms with van der Waals surface area (Å²) in [6.45, 7) is 3.97. The number of anilines is 1. The number of methoxy groups -OCH3 is 1. The molecule has 0 saturated heterocycles. The second-order valence-corrected chi connectivity index (χ2v) is 8.54. The molecule has 3 rings (SSSR count). The van der Waals surface area contributed by atoms with Crippen molar-refractivity contribution in [2.24, 2.45) is 12.2 Å². The van der Waals surface area contributed by atoms with Crippen molar-refractivity contribution in [3.63, 3.8) is 0 Å². The van der Waals surface area contributed by atoms with Gasteiger partial charge in [0.15, 0.2) is 0 Å². The average molecular weight is 417 g/mol. The van der Waals surface area contributed by atoms with Crippen molar-refractivity contribution < 1.29 is 13.2 Å². The standard InChI is InChI=1S/C19H23N5O4S/c1-11(2)22-18-17-15(21-10-24(3)19(17)25)8-14(23-18)12-5-6-13(9-28-4)16(7-12)29(20,26)27/h5-8,10-11H,9H2,1-4H3,(H,22,23)(H2,20,26,27). The minimum absolute atomic E-state index is 0.0231. The molecule has 154 valence electrons. The van der Waals surface area contributed by atoms with Crippen molar-refractivity contribution in [3.8, 4) is 11.3 Å². The summed E-state index contributed by atoms with van der Waals surface area (Å²) in [5, 5.41) is 8.93. The van der Waals surface area contributed by atoms with Crippen molar-refractivity contribution in [2.45, 2.75) is 31.4 Å². The van der Waals surface area contributed by atoms with Gasteiger partial charge < -0.3 is 14.6 Å². The van der Waals surface area contributed by atoms with Crippen LogP contribution in [-0.2, 0) is 28.4 Å². The van der Waals surface area contributed by atoms with Crippen molar-refractivity contribution in [1.29, 1.82) is 0 Å². The van der Waals surface area contributed by atoms with E-state index in [1.807, 2.05) is 13.8 Å². The molecule has 0 aliphatic rings. The van der Waals surface area contributed by atoms with Crippen LogP contribution in [0.3, 0.4) is 0 Å². The van der Waals surface area contributed by atoms with Gasteiger partial charge in [-0.1, -0.05) is 12.1 Å². The number of nitrogens with one attached hydrogen (secondary N) is 1. The molecule has 0 fully saturated rings. The van der Waals surface area contributed by atoms with E-state index >= 15 is 0 Å². The Morgan fingerprint density at radius 2 is 2.00 bits per heavy atom. The Hall–Kier alpha value is -2.82. The summed E-state index contributed by atoms with van der Waals surface area (Å²) < 4.78 is 30.5. The van der Waals surface area contributed by atoms with Crippen LogP contribution in [0.4, 0.5) is 5.82 Å². The number of hydrogen-bond acceptors (Lipinski definition) is 7. The Morgan fingerprint density at radius 3 is 2.62 bits per heavy atom. The van der Waals surface area contributed by atoms with Gasteiger partial charge in [-0.05, 0) is 31.5 Å². The molecule has 0 aliphatic carbocycles. The lowest BCUT2D eigenvalue weighted by atomic mass is 10.1. The van der Waals surface area contributed by atoms with Crippen LogP contribution < -0.4 is 16.0 Å². The number of aromatic nitrogens is 3. The highest BCUT2D eigenvalue weighted by atomic mass is 32.2. The molecule has 0 saturated carbocycles. The first-order valence-electron chi connectivity index (χ1n) is 8.89. The predicted molar refractivity (Wildman–Crippen MR) is 111 cm³/mol. The van der Waals surface area contributed by atoms with Crippen LogP contribution in [0.2, 0.25) is 0 Å². The van der Waals surface area contributed by atoms with Crippen LogP contribution in [-0.4, -0.2) is 36.1 Å². The van der Waals surface area contributed by atoms with E-state index in [0.717, 1.165) is 0 Å². The van der Waals surface area contributed by atoms with Gasteiger partial charge >= 0.3 is 0 Å². The molecule has 3 N–H and O–H groups in total. The first-order chi connectivity index (χ1) is 13.6. The third-order valence-electron chi connectivity index (χ3n) is 4.30. The van der Waals surface area contributed by atoms with E-state index in [0.29, 0.717) is 33.5 Å². The van der Waals surface area contributed by atoms with Crippen LogP contribution in [0.15, 0.2) is 40.3 Å². The van der Waals surface area contributed by atoms with Gasteiger partial charge in [-0.2, -0.15) is 0 Å². The number of primary sulfonamides is 1. The highest BCUT2D eigenvalue weighted by Gasteiger charge is 2.18. The highest BCUT2D eigenvalue weighted by molar-refractivity contribution is 7.89. The predicted octanol–water partition coefficient (Wildman–Crippen LogP) is 1.61. The molecule has 0 spiro atoms. The molecular formula is C19H23N5O4S. The van der Waals surface area contributed by atoms with Crippen LogP contribution in [0.25, 0.3) is 22.2 Å². The molecule has 29 heavy (non-hydrogen) atoms. The fourth-order valence-electron chi connectivity index (χ4n) is 3.00. The van der Waals surface area contributed by atoms with Gasteiger partial charge in [-0.25, -0.2) is 23.5 Å². The lowest BCUT2D eigenvalue weighted by molar-refractivity contribution is 0.182. The minimum Gasteiger partial charge on any atom is -0.380 e. The molecule has 0 radical (unpaired) electrons. The van der Waals surface area contributed by atoms with Crippen molar-refractivity contribution in [1.82, 2.24) is 14.5 Å². The van der Waals surface area contributed by atoms with Crippen molar-refractivity contribution in [3.05, 3.63) is 46.5 Å². The zero-order valence-electron chi connectivity index (χ0n) is 16.6. The summed E-state index contributed by atoms with van der Waals surface area (Å²) in [4.78, 5) is 21.5. The zero-order chi connectivity index (χ0) is 21.3. The number of nitrogens with zero attached hydrogens (tertiary/aromatic N) is 3. The Labute approximate surface area is 168 Å². The summed E-state index contributed by atoms with van der Waals surface area (Å²) in [6, 6.07) is 6.50. The maximum Gasteiger partial charge on any atom is 0.264 e. The van der Waals surface area contributed by atoms with E-state index in [2.05, 4.69) is 15.3 Å². The molecule has 0 atom stereocenters. The molecule has 1 aromatic carbocycles. The zero-order valence-corrected chi connectivity index (χ0v) is 17.4. The maximum absolute atomic E-state index is 12.6. The Bertz CT molecular complexity index is 1240. The molecule has 2 heterocycles. The van der Waals surface area contributed by atoms with Gasteiger partial charge in [0.25, 0.3) is 5.56 Å². The SMILES string of the molecule is COCc1ccc(-c2cc3ncn(C)c(=O)c3c(NC(C)C)n2)cc1S(N)(=O)=O. The first kappa shape index (κ1) is 20.9. The fourth-order valence-corrected chi connectivity index (χ4v) is 3.78. The van der Waals surface area contributed by atoms with Crippen molar-refractivity contribution >= 4 is 26.7 Å². The number of rotatable bonds is 6. The van der Waals surface area contributed by atoms with Crippen LogP contribution >= 0.6 is 0 Å². The Kier molecular flexibility index (Phi) is 5.69. The minimum atomic E-state index is -3.96. The molecule has 0 bridgehead atoms. The lowest BCUT2D eigenvalue weighted by Crippen LogP contribution is -2.21. The smallest absolute Gasteiger partial charge is 0.264 e. The number of aryl methyl sites for hydroxylation is 1. The summed E-state index contributed by atoms with van der Waals surface area (Å²) in [5.74, 6) is 0.388. The average Bonchev–Trinajstić information content (AvgIpc) is 2.63. The van der Waals surface area contributed by atoms with E-state index in [-0.39, 0.29) is 23.1 Å². The van der Waals surface area contributed by atoms with Gasteiger partial charge in [0.1, 0.15) is 11.2 Å². The number of pyridine rings is 1. The summed E-state index contributed by atoms with van der Waals surface area (Å²) >= 11 is 0. The van der Waals surface area contributed by atoms with Gasteiger partial charge in [0, 0.05) is 25.8 Å². The van der Waals surface area contributed by atoms with Gasteiger partial charge in [-0.3, -0.25) is 4.79 Å². The number of hydrogen-bond donors (Lipinski definition) is 2. The van der Waals surface area contributed by atoms with Gasteiger partial charge in [-0.15, -0.1) is 0 Å². The second kappa shape index (κ2) is 7.90. The number of ether oxygens (including phenoxy) is 1. The van der Waals surface area contributed by atoms with Gasteiger partial charge in [0.2, 0.25) is 10.0 Å². The summed E-state index contributed by atoms with van der Waals surface area (Å²) in [7, 11) is -0.869. The highest BCUT2D eigenvalue weighted by Crippen LogP contribution is 2.28.